The Morgan fingerprint density at radius 1 is 1.40 bits per heavy atom. The third-order valence-electron chi connectivity index (χ3n) is 4.62. The Hall–Kier alpha value is -2.70. The van der Waals surface area contributed by atoms with Gasteiger partial charge in [-0.3, -0.25) is 9.59 Å². The zero-order valence-corrected chi connectivity index (χ0v) is 14.1. The Morgan fingerprint density at radius 3 is 2.96 bits per heavy atom. The number of anilines is 1. The second-order valence-corrected chi connectivity index (χ2v) is 6.74. The lowest BCUT2D eigenvalue weighted by Crippen LogP contribution is -2.28. The summed E-state index contributed by atoms with van der Waals surface area (Å²) in [5, 5.41) is 2.86. The average Bonchev–Trinajstić information content (AvgIpc) is 3.18. The van der Waals surface area contributed by atoms with Gasteiger partial charge in [-0.05, 0) is 31.9 Å². The number of carbonyl (C=O) groups is 2. The van der Waals surface area contributed by atoms with E-state index in [9.17, 15) is 9.59 Å². The van der Waals surface area contributed by atoms with E-state index in [2.05, 4.69) is 15.3 Å². The third kappa shape index (κ3) is 3.55. The first-order chi connectivity index (χ1) is 12.1. The SMILES string of the molecule is Cc1nc(NC(=O)C2CC(=O)N(Cc3ccco3)C2)cc(C2CC2)n1. The van der Waals surface area contributed by atoms with Crippen LogP contribution in [-0.2, 0) is 16.1 Å². The second kappa shape index (κ2) is 6.31. The largest absolute Gasteiger partial charge is 0.467 e. The standard InChI is InChI=1S/C18H20N4O3/c1-11-19-15(12-4-5-12)8-16(20-11)21-18(24)13-7-17(23)22(9-13)10-14-3-2-6-25-14/h2-3,6,8,12-13H,4-5,7,9-10H2,1H3,(H,19,20,21,24). The fraction of sp³-hybridized carbons (Fsp3) is 0.444. The predicted octanol–water partition coefficient (Wildman–Crippen LogP) is 2.24. The van der Waals surface area contributed by atoms with Crippen LogP contribution in [-0.4, -0.2) is 33.2 Å². The molecule has 1 saturated heterocycles. The molecule has 25 heavy (non-hydrogen) atoms. The molecule has 2 aromatic rings. The van der Waals surface area contributed by atoms with Gasteiger partial charge in [0.05, 0.1) is 18.7 Å². The Balaban J connectivity index is 1.40. The Bertz CT molecular complexity index is 799. The smallest absolute Gasteiger partial charge is 0.230 e. The molecule has 2 aromatic heterocycles. The fourth-order valence-corrected chi connectivity index (χ4v) is 3.16. The van der Waals surface area contributed by atoms with Crippen LogP contribution in [0.15, 0.2) is 28.9 Å². The first-order valence-corrected chi connectivity index (χ1v) is 8.55. The molecule has 4 rings (SSSR count). The molecular formula is C18H20N4O3. The topological polar surface area (TPSA) is 88.3 Å². The number of amides is 2. The van der Waals surface area contributed by atoms with E-state index in [0.29, 0.717) is 30.6 Å². The fourth-order valence-electron chi connectivity index (χ4n) is 3.16. The molecule has 0 bridgehead atoms. The Kier molecular flexibility index (Phi) is 3.99. The van der Waals surface area contributed by atoms with E-state index in [1.54, 1.807) is 17.2 Å². The summed E-state index contributed by atoms with van der Waals surface area (Å²) in [5.41, 5.74) is 0.991. The van der Waals surface area contributed by atoms with Gasteiger partial charge in [-0.1, -0.05) is 0 Å². The number of hydrogen-bond acceptors (Lipinski definition) is 5. The Labute approximate surface area is 145 Å². The predicted molar refractivity (Wildman–Crippen MR) is 89.6 cm³/mol. The van der Waals surface area contributed by atoms with E-state index in [0.717, 1.165) is 24.3 Å². The minimum Gasteiger partial charge on any atom is -0.467 e. The highest BCUT2D eigenvalue weighted by atomic mass is 16.3. The summed E-state index contributed by atoms with van der Waals surface area (Å²) in [6, 6.07) is 5.46. The van der Waals surface area contributed by atoms with E-state index < -0.39 is 0 Å². The lowest BCUT2D eigenvalue weighted by Gasteiger charge is -2.15. The van der Waals surface area contributed by atoms with Gasteiger partial charge in [-0.2, -0.15) is 0 Å². The quantitative estimate of drug-likeness (QED) is 0.902. The van der Waals surface area contributed by atoms with Crippen LogP contribution < -0.4 is 5.32 Å². The first kappa shape index (κ1) is 15.8. The molecule has 1 aliphatic heterocycles. The van der Waals surface area contributed by atoms with E-state index in [-0.39, 0.29) is 24.2 Å². The van der Waals surface area contributed by atoms with Crippen molar-refractivity contribution in [2.24, 2.45) is 5.92 Å². The van der Waals surface area contributed by atoms with Crippen molar-refractivity contribution in [2.45, 2.75) is 38.6 Å². The van der Waals surface area contributed by atoms with Gasteiger partial charge in [0.25, 0.3) is 0 Å². The molecule has 3 heterocycles. The van der Waals surface area contributed by atoms with Gasteiger partial charge in [-0.15, -0.1) is 0 Å². The summed E-state index contributed by atoms with van der Waals surface area (Å²) >= 11 is 0. The average molecular weight is 340 g/mol. The number of carbonyl (C=O) groups excluding carboxylic acids is 2. The maximum absolute atomic E-state index is 12.5. The van der Waals surface area contributed by atoms with E-state index in [1.165, 1.54) is 0 Å². The number of aryl methyl sites for hydroxylation is 1. The van der Waals surface area contributed by atoms with E-state index in [4.69, 9.17) is 4.42 Å². The highest BCUT2D eigenvalue weighted by Gasteiger charge is 2.35. The number of hydrogen-bond donors (Lipinski definition) is 1. The van der Waals surface area contributed by atoms with Crippen LogP contribution in [0.1, 0.15) is 42.5 Å². The minimum absolute atomic E-state index is 0.0333. The number of aromatic nitrogens is 2. The molecule has 0 spiro atoms. The number of nitrogens with zero attached hydrogens (tertiary/aromatic N) is 3. The molecule has 0 radical (unpaired) electrons. The van der Waals surface area contributed by atoms with Gasteiger partial charge in [0, 0.05) is 30.6 Å². The normalized spacial score (nSPS) is 20.1. The molecule has 0 aromatic carbocycles. The molecular weight excluding hydrogens is 320 g/mol. The lowest BCUT2D eigenvalue weighted by molar-refractivity contribution is -0.128. The maximum atomic E-state index is 12.5. The van der Waals surface area contributed by atoms with Gasteiger partial charge in [-0.25, -0.2) is 9.97 Å². The first-order valence-electron chi connectivity index (χ1n) is 8.55. The molecule has 1 unspecified atom stereocenters. The van der Waals surface area contributed by atoms with Gasteiger partial charge in [0.2, 0.25) is 11.8 Å². The van der Waals surface area contributed by atoms with Crippen molar-refractivity contribution in [1.29, 1.82) is 0 Å². The molecule has 130 valence electrons. The highest BCUT2D eigenvalue weighted by Crippen LogP contribution is 2.39. The second-order valence-electron chi connectivity index (χ2n) is 6.74. The van der Waals surface area contributed by atoms with Crippen molar-refractivity contribution in [3.63, 3.8) is 0 Å². The molecule has 1 N–H and O–H groups in total. The number of rotatable bonds is 5. The Morgan fingerprint density at radius 2 is 2.24 bits per heavy atom. The number of nitrogens with one attached hydrogen (secondary N) is 1. The van der Waals surface area contributed by atoms with Crippen molar-refractivity contribution in [2.75, 3.05) is 11.9 Å². The molecule has 2 aliphatic rings. The van der Waals surface area contributed by atoms with Crippen molar-refractivity contribution in [3.05, 3.63) is 41.7 Å². The van der Waals surface area contributed by atoms with E-state index in [1.807, 2.05) is 19.1 Å². The molecule has 2 fully saturated rings. The van der Waals surface area contributed by atoms with Crippen LogP contribution in [0, 0.1) is 12.8 Å². The van der Waals surface area contributed by atoms with Gasteiger partial charge in [0.1, 0.15) is 17.4 Å². The van der Waals surface area contributed by atoms with Crippen LogP contribution in [0.4, 0.5) is 5.82 Å². The summed E-state index contributed by atoms with van der Waals surface area (Å²) in [6.07, 6.45) is 4.08. The van der Waals surface area contributed by atoms with Crippen molar-refractivity contribution in [3.8, 4) is 0 Å². The van der Waals surface area contributed by atoms with Crippen LogP contribution >= 0.6 is 0 Å². The zero-order valence-electron chi connectivity index (χ0n) is 14.1. The third-order valence-corrected chi connectivity index (χ3v) is 4.62. The van der Waals surface area contributed by atoms with Gasteiger partial charge < -0.3 is 14.6 Å². The molecule has 1 aliphatic carbocycles. The van der Waals surface area contributed by atoms with Crippen molar-refractivity contribution >= 4 is 17.6 Å². The summed E-state index contributed by atoms with van der Waals surface area (Å²) in [4.78, 5) is 35.1. The van der Waals surface area contributed by atoms with Crippen LogP contribution in [0.3, 0.4) is 0 Å². The van der Waals surface area contributed by atoms with E-state index >= 15 is 0 Å². The van der Waals surface area contributed by atoms with Gasteiger partial charge in [0.15, 0.2) is 0 Å². The van der Waals surface area contributed by atoms with Crippen molar-refractivity contribution in [1.82, 2.24) is 14.9 Å². The summed E-state index contributed by atoms with van der Waals surface area (Å²) in [6.45, 7) is 2.62. The minimum atomic E-state index is -0.373. The zero-order chi connectivity index (χ0) is 17.4. The van der Waals surface area contributed by atoms with Crippen LogP contribution in [0.5, 0.6) is 0 Å². The van der Waals surface area contributed by atoms with Gasteiger partial charge >= 0.3 is 0 Å². The summed E-state index contributed by atoms with van der Waals surface area (Å²) in [7, 11) is 0. The molecule has 7 heteroatoms. The molecule has 1 saturated carbocycles. The number of likely N-dealkylation sites (tertiary alicyclic amines) is 1. The molecule has 1 atom stereocenters. The van der Waals surface area contributed by atoms with Crippen LogP contribution in [0.25, 0.3) is 0 Å². The lowest BCUT2D eigenvalue weighted by atomic mass is 10.1. The maximum Gasteiger partial charge on any atom is 0.230 e. The monoisotopic (exact) mass is 340 g/mol. The molecule has 2 amide bonds. The number of furan rings is 1. The highest BCUT2D eigenvalue weighted by molar-refractivity contribution is 5.96. The van der Waals surface area contributed by atoms with Crippen molar-refractivity contribution < 1.29 is 14.0 Å². The summed E-state index contributed by atoms with van der Waals surface area (Å²) in [5.74, 6) is 1.81. The van der Waals surface area contributed by atoms with Crippen LogP contribution in [0.2, 0.25) is 0 Å². The molecule has 7 nitrogen and oxygen atoms in total. The summed E-state index contributed by atoms with van der Waals surface area (Å²) < 4.78 is 5.28.